The van der Waals surface area contributed by atoms with Gasteiger partial charge in [-0.2, -0.15) is 4.80 Å². The third-order valence-electron chi connectivity index (χ3n) is 4.63. The van der Waals surface area contributed by atoms with Crippen LogP contribution >= 0.6 is 23.8 Å². The molecule has 0 bridgehead atoms. The number of amides is 1. The lowest BCUT2D eigenvalue weighted by molar-refractivity contribution is 0.0978. The molecule has 4 aromatic rings. The van der Waals surface area contributed by atoms with E-state index in [0.29, 0.717) is 33.0 Å². The highest BCUT2D eigenvalue weighted by atomic mass is 35.5. The first-order chi connectivity index (χ1) is 14.8. The van der Waals surface area contributed by atoms with Crippen molar-refractivity contribution < 1.29 is 9.18 Å². The molecule has 0 aliphatic carbocycles. The smallest absolute Gasteiger partial charge is 0.258 e. The predicted octanol–water partition coefficient (Wildman–Crippen LogP) is 4.96. The number of aromatic nitrogens is 3. The van der Waals surface area contributed by atoms with E-state index in [4.69, 9.17) is 23.8 Å². The molecule has 156 valence electrons. The second-order valence-electron chi connectivity index (χ2n) is 7.01. The molecule has 0 unspecified atom stereocenters. The minimum atomic E-state index is -0.400. The number of nitrogens with zero attached hydrogens (tertiary/aromatic N) is 3. The van der Waals surface area contributed by atoms with Crippen LogP contribution in [0.25, 0.3) is 16.7 Å². The van der Waals surface area contributed by atoms with Gasteiger partial charge >= 0.3 is 0 Å². The number of anilines is 1. The lowest BCUT2D eigenvalue weighted by Gasteiger charge is -2.12. The topological polar surface area (TPSA) is 71.8 Å². The third kappa shape index (κ3) is 4.55. The fourth-order valence-corrected chi connectivity index (χ4v) is 3.54. The summed E-state index contributed by atoms with van der Waals surface area (Å²) < 4.78 is 13.2. The van der Waals surface area contributed by atoms with Crippen molar-refractivity contribution in [2.24, 2.45) is 0 Å². The molecule has 1 heterocycles. The van der Waals surface area contributed by atoms with Gasteiger partial charge in [0.25, 0.3) is 5.91 Å². The Bertz CT molecular complexity index is 1320. The van der Waals surface area contributed by atoms with Crippen molar-refractivity contribution in [1.82, 2.24) is 20.3 Å². The van der Waals surface area contributed by atoms with Crippen molar-refractivity contribution in [3.05, 3.63) is 82.1 Å². The molecule has 2 N–H and O–H groups in total. The molecular formula is C22H17ClFN5OS. The number of aryl methyl sites for hydroxylation is 2. The van der Waals surface area contributed by atoms with Crippen LogP contribution in [0.4, 0.5) is 10.1 Å². The molecule has 1 aromatic heterocycles. The Morgan fingerprint density at radius 1 is 1.03 bits per heavy atom. The van der Waals surface area contributed by atoms with Crippen molar-refractivity contribution in [2.45, 2.75) is 13.8 Å². The average Bonchev–Trinajstić information content (AvgIpc) is 3.11. The molecule has 0 spiro atoms. The Kier molecular flexibility index (Phi) is 5.67. The number of nitrogens with one attached hydrogen (secondary N) is 2. The van der Waals surface area contributed by atoms with E-state index in [0.717, 1.165) is 11.1 Å². The summed E-state index contributed by atoms with van der Waals surface area (Å²) in [5, 5.41) is 15.0. The maximum Gasteiger partial charge on any atom is 0.258 e. The maximum atomic E-state index is 13.2. The molecule has 0 aliphatic rings. The molecule has 0 saturated carbocycles. The third-order valence-corrected chi connectivity index (χ3v) is 5.15. The van der Waals surface area contributed by atoms with Crippen LogP contribution in [-0.2, 0) is 0 Å². The zero-order valence-corrected chi connectivity index (χ0v) is 18.2. The number of benzene rings is 3. The quantitative estimate of drug-likeness (QED) is 0.429. The van der Waals surface area contributed by atoms with Gasteiger partial charge in [0.15, 0.2) is 5.11 Å². The highest BCUT2D eigenvalue weighted by Crippen LogP contribution is 2.23. The SMILES string of the molecule is Cc1ccc(C(=O)NC(=S)Nc2cc3nn(-c4ccc(F)cc4)nc3cc2C)c(Cl)c1. The van der Waals surface area contributed by atoms with Gasteiger partial charge in [0.1, 0.15) is 16.9 Å². The van der Waals surface area contributed by atoms with Gasteiger partial charge < -0.3 is 5.32 Å². The van der Waals surface area contributed by atoms with Crippen LogP contribution in [0.2, 0.25) is 5.02 Å². The summed E-state index contributed by atoms with van der Waals surface area (Å²) >= 11 is 11.5. The van der Waals surface area contributed by atoms with E-state index in [1.165, 1.54) is 16.9 Å². The minimum absolute atomic E-state index is 0.134. The second kappa shape index (κ2) is 8.41. The van der Waals surface area contributed by atoms with Crippen LogP contribution in [-0.4, -0.2) is 26.0 Å². The minimum Gasteiger partial charge on any atom is -0.332 e. The molecule has 9 heteroatoms. The van der Waals surface area contributed by atoms with E-state index in [9.17, 15) is 9.18 Å². The number of hydrogen-bond acceptors (Lipinski definition) is 4. The molecule has 0 saturated heterocycles. The molecule has 0 aliphatic heterocycles. The number of hydrogen-bond donors (Lipinski definition) is 2. The van der Waals surface area contributed by atoms with Crippen molar-refractivity contribution >= 4 is 51.6 Å². The molecule has 31 heavy (non-hydrogen) atoms. The summed E-state index contributed by atoms with van der Waals surface area (Å²) in [5.74, 6) is -0.728. The Labute approximate surface area is 188 Å². The van der Waals surface area contributed by atoms with E-state index >= 15 is 0 Å². The first-order valence-electron chi connectivity index (χ1n) is 9.32. The van der Waals surface area contributed by atoms with Crippen LogP contribution < -0.4 is 10.6 Å². The van der Waals surface area contributed by atoms with E-state index in [1.54, 1.807) is 36.4 Å². The number of rotatable bonds is 3. The summed E-state index contributed by atoms with van der Waals surface area (Å²) in [6.07, 6.45) is 0. The zero-order chi connectivity index (χ0) is 22.1. The first-order valence-corrected chi connectivity index (χ1v) is 10.1. The Morgan fingerprint density at radius 2 is 1.71 bits per heavy atom. The van der Waals surface area contributed by atoms with Crippen LogP contribution in [0.3, 0.4) is 0 Å². The van der Waals surface area contributed by atoms with E-state index in [-0.39, 0.29) is 10.9 Å². The summed E-state index contributed by atoms with van der Waals surface area (Å²) in [5.41, 5.74) is 4.78. The van der Waals surface area contributed by atoms with E-state index < -0.39 is 5.91 Å². The Hall–Kier alpha value is -3.36. The summed E-state index contributed by atoms with van der Waals surface area (Å²) in [4.78, 5) is 13.9. The summed E-state index contributed by atoms with van der Waals surface area (Å²) in [6, 6.07) is 14.7. The second-order valence-corrected chi connectivity index (χ2v) is 7.83. The van der Waals surface area contributed by atoms with Crippen LogP contribution in [0.15, 0.2) is 54.6 Å². The lowest BCUT2D eigenvalue weighted by Crippen LogP contribution is -2.34. The molecular weight excluding hydrogens is 437 g/mol. The zero-order valence-electron chi connectivity index (χ0n) is 16.6. The number of halogens is 2. The molecule has 1 amide bonds. The number of thiocarbonyl (C=S) groups is 1. The molecule has 4 rings (SSSR count). The number of carbonyl (C=O) groups excluding carboxylic acids is 1. The van der Waals surface area contributed by atoms with Crippen LogP contribution in [0.5, 0.6) is 0 Å². The van der Waals surface area contributed by atoms with Crippen molar-refractivity contribution in [3.8, 4) is 5.69 Å². The number of carbonyl (C=O) groups is 1. The molecule has 0 radical (unpaired) electrons. The molecule has 6 nitrogen and oxygen atoms in total. The van der Waals surface area contributed by atoms with Gasteiger partial charge in [-0.1, -0.05) is 17.7 Å². The highest BCUT2D eigenvalue weighted by molar-refractivity contribution is 7.80. The predicted molar refractivity (Wildman–Crippen MR) is 123 cm³/mol. The van der Waals surface area contributed by atoms with E-state index in [1.807, 2.05) is 19.9 Å². The van der Waals surface area contributed by atoms with Gasteiger partial charge in [-0.3, -0.25) is 10.1 Å². The number of fused-ring (bicyclic) bond motifs is 1. The van der Waals surface area contributed by atoms with Gasteiger partial charge in [-0.15, -0.1) is 10.2 Å². The van der Waals surface area contributed by atoms with Crippen molar-refractivity contribution in [2.75, 3.05) is 5.32 Å². The van der Waals surface area contributed by atoms with Crippen molar-refractivity contribution in [1.29, 1.82) is 0 Å². The van der Waals surface area contributed by atoms with Crippen LogP contribution in [0.1, 0.15) is 21.5 Å². The highest BCUT2D eigenvalue weighted by Gasteiger charge is 2.14. The summed E-state index contributed by atoms with van der Waals surface area (Å²) in [7, 11) is 0. The Balaban J connectivity index is 1.53. The monoisotopic (exact) mass is 453 g/mol. The van der Waals surface area contributed by atoms with Gasteiger partial charge in [0, 0.05) is 5.69 Å². The summed E-state index contributed by atoms with van der Waals surface area (Å²) in [6.45, 7) is 3.78. The van der Waals surface area contributed by atoms with Gasteiger partial charge in [0.2, 0.25) is 0 Å². The Morgan fingerprint density at radius 3 is 2.39 bits per heavy atom. The molecule has 3 aromatic carbocycles. The molecule has 0 atom stereocenters. The van der Waals surface area contributed by atoms with E-state index in [2.05, 4.69) is 20.8 Å². The lowest BCUT2D eigenvalue weighted by atomic mass is 10.1. The van der Waals surface area contributed by atoms with Gasteiger partial charge in [0.05, 0.1) is 16.3 Å². The van der Waals surface area contributed by atoms with Crippen LogP contribution in [0, 0.1) is 19.7 Å². The fourth-order valence-electron chi connectivity index (χ4n) is 3.02. The van der Waals surface area contributed by atoms with Gasteiger partial charge in [-0.05, 0) is 85.7 Å². The largest absolute Gasteiger partial charge is 0.332 e. The normalized spacial score (nSPS) is 10.8. The first kappa shape index (κ1) is 20.9. The molecule has 0 fully saturated rings. The fraction of sp³-hybridized carbons (Fsp3) is 0.0909. The maximum absolute atomic E-state index is 13.2. The average molecular weight is 454 g/mol. The van der Waals surface area contributed by atoms with Gasteiger partial charge in [-0.25, -0.2) is 4.39 Å². The standard InChI is InChI=1S/C22H17ClFN5OS/c1-12-3-8-16(17(23)9-12)21(30)26-22(31)25-18-11-20-19(10-13(18)2)27-29(28-20)15-6-4-14(24)5-7-15/h3-11H,1-2H3,(H2,25,26,30,31). The van der Waals surface area contributed by atoms with Crippen molar-refractivity contribution in [3.63, 3.8) is 0 Å².